The van der Waals surface area contributed by atoms with Crippen LogP contribution in [0.1, 0.15) is 0 Å². The van der Waals surface area contributed by atoms with E-state index in [-0.39, 0.29) is 0 Å². The van der Waals surface area contributed by atoms with E-state index in [1.807, 2.05) is 12.3 Å². The predicted molar refractivity (Wildman–Crippen MR) is 92.5 cm³/mol. The molecule has 0 atom stereocenters. The van der Waals surface area contributed by atoms with Gasteiger partial charge < -0.3 is 5.32 Å². The van der Waals surface area contributed by atoms with E-state index >= 15 is 0 Å². The van der Waals surface area contributed by atoms with Crippen molar-refractivity contribution in [1.29, 1.82) is 0 Å². The fourth-order valence-electron chi connectivity index (χ4n) is 3.33. The van der Waals surface area contributed by atoms with Crippen molar-refractivity contribution >= 4 is 22.1 Å². The number of rotatable bonds is 1. The molecule has 0 aliphatic carbocycles. The molecule has 1 aliphatic heterocycles. The maximum Gasteiger partial charge on any atom is 0.284 e. The van der Waals surface area contributed by atoms with Crippen LogP contribution in [-0.4, -0.2) is 4.98 Å². The van der Waals surface area contributed by atoms with Crippen LogP contribution >= 0.6 is 0 Å². The number of aromatic amines is 1. The van der Waals surface area contributed by atoms with Crippen molar-refractivity contribution in [2.75, 3.05) is 5.32 Å². The maximum absolute atomic E-state index is 4.56. The van der Waals surface area contributed by atoms with Crippen LogP contribution in [0.2, 0.25) is 0 Å². The second-order valence-electron chi connectivity index (χ2n) is 5.75. The van der Waals surface area contributed by atoms with Gasteiger partial charge in [-0.1, -0.05) is 42.5 Å². The number of benzene rings is 3. The molecule has 0 bridgehead atoms. The van der Waals surface area contributed by atoms with Gasteiger partial charge in [0.2, 0.25) is 5.69 Å². The van der Waals surface area contributed by atoms with Gasteiger partial charge >= 0.3 is 0 Å². The van der Waals surface area contributed by atoms with Crippen LogP contribution in [0, 0.1) is 0 Å². The standard InChI is InChI=1S/C20H13N3/c1-2-5-13(6-3-1)15-9-14-7-4-8-17-19(14)16(10-15)20-18(23-17)11-21-12-22-20/h1-12,23H/p+1. The van der Waals surface area contributed by atoms with E-state index in [0.29, 0.717) is 0 Å². The number of anilines is 2. The molecule has 0 unspecified atom stereocenters. The van der Waals surface area contributed by atoms with Gasteiger partial charge in [0, 0.05) is 16.6 Å². The van der Waals surface area contributed by atoms with Crippen molar-refractivity contribution in [1.82, 2.24) is 4.98 Å². The molecule has 2 heterocycles. The Balaban J connectivity index is 1.89. The lowest BCUT2D eigenvalue weighted by atomic mass is 9.92. The summed E-state index contributed by atoms with van der Waals surface area (Å²) in [6, 6.07) is 21.3. The lowest BCUT2D eigenvalue weighted by molar-refractivity contribution is -0.381. The van der Waals surface area contributed by atoms with E-state index in [0.717, 1.165) is 17.1 Å². The minimum Gasteiger partial charge on any atom is -0.348 e. The quantitative estimate of drug-likeness (QED) is 0.496. The number of nitrogens with zero attached hydrogens (tertiary/aromatic N) is 1. The van der Waals surface area contributed by atoms with Gasteiger partial charge in [-0.25, -0.2) is 4.98 Å². The monoisotopic (exact) mass is 296 g/mol. The Bertz CT molecular complexity index is 1040. The van der Waals surface area contributed by atoms with Gasteiger partial charge in [-0.05, 0) is 39.7 Å². The smallest absolute Gasteiger partial charge is 0.284 e. The second kappa shape index (κ2) is 4.65. The molecule has 23 heavy (non-hydrogen) atoms. The molecule has 0 radical (unpaired) electrons. The van der Waals surface area contributed by atoms with Crippen LogP contribution in [0.3, 0.4) is 0 Å². The van der Waals surface area contributed by atoms with E-state index in [9.17, 15) is 0 Å². The van der Waals surface area contributed by atoms with Crippen molar-refractivity contribution in [3.8, 4) is 22.4 Å². The van der Waals surface area contributed by atoms with E-state index < -0.39 is 0 Å². The third-order valence-corrected chi connectivity index (χ3v) is 4.36. The first-order chi connectivity index (χ1) is 11.4. The molecular weight excluding hydrogens is 282 g/mol. The number of H-pyrrole nitrogens is 1. The Labute approximate surface area is 133 Å². The Morgan fingerprint density at radius 2 is 1.74 bits per heavy atom. The van der Waals surface area contributed by atoms with E-state index in [1.165, 1.54) is 27.5 Å². The molecule has 108 valence electrons. The highest BCUT2D eigenvalue weighted by atomic mass is 15.0. The van der Waals surface area contributed by atoms with Crippen LogP contribution in [0.4, 0.5) is 11.4 Å². The molecular formula is C20H14N3+. The van der Waals surface area contributed by atoms with Gasteiger partial charge in [-0.3, -0.25) is 0 Å². The summed E-state index contributed by atoms with van der Waals surface area (Å²) in [6.07, 6.45) is 3.69. The zero-order valence-corrected chi connectivity index (χ0v) is 12.4. The molecule has 0 saturated carbocycles. The van der Waals surface area contributed by atoms with Gasteiger partial charge in [-0.15, -0.1) is 0 Å². The predicted octanol–water partition coefficient (Wildman–Crippen LogP) is 4.44. The highest BCUT2D eigenvalue weighted by Gasteiger charge is 2.23. The largest absolute Gasteiger partial charge is 0.348 e. The Morgan fingerprint density at radius 3 is 2.65 bits per heavy atom. The first-order valence-corrected chi connectivity index (χ1v) is 7.66. The topological polar surface area (TPSA) is 39.1 Å². The van der Waals surface area contributed by atoms with Crippen LogP contribution < -0.4 is 10.3 Å². The summed E-state index contributed by atoms with van der Waals surface area (Å²) in [5.41, 5.74) is 6.75. The van der Waals surface area contributed by atoms with Gasteiger partial charge in [0.25, 0.3) is 6.33 Å². The van der Waals surface area contributed by atoms with Gasteiger partial charge in [0.05, 0.1) is 0 Å². The first kappa shape index (κ1) is 12.4. The molecule has 0 fully saturated rings. The second-order valence-corrected chi connectivity index (χ2v) is 5.75. The van der Waals surface area contributed by atoms with Gasteiger partial charge in [0.15, 0.2) is 0 Å². The van der Waals surface area contributed by atoms with E-state index in [2.05, 4.69) is 69.9 Å². The summed E-state index contributed by atoms with van der Waals surface area (Å²) in [4.78, 5) is 7.62. The summed E-state index contributed by atoms with van der Waals surface area (Å²) in [5.74, 6) is 0. The zero-order valence-electron chi connectivity index (χ0n) is 12.4. The molecule has 0 saturated heterocycles. The third-order valence-electron chi connectivity index (χ3n) is 4.36. The molecule has 1 aliphatic rings. The molecule has 3 aromatic carbocycles. The van der Waals surface area contributed by atoms with Crippen molar-refractivity contribution in [2.24, 2.45) is 0 Å². The lowest BCUT2D eigenvalue weighted by Gasteiger charge is -2.19. The molecule has 0 amide bonds. The van der Waals surface area contributed by atoms with Gasteiger partial charge in [0.1, 0.15) is 11.9 Å². The van der Waals surface area contributed by atoms with Crippen molar-refractivity contribution in [3.05, 3.63) is 73.2 Å². The van der Waals surface area contributed by atoms with Crippen LogP contribution in [-0.2, 0) is 0 Å². The number of aromatic nitrogens is 2. The van der Waals surface area contributed by atoms with Crippen molar-refractivity contribution in [3.63, 3.8) is 0 Å². The summed E-state index contributed by atoms with van der Waals surface area (Å²) in [5, 5.41) is 5.93. The summed E-state index contributed by atoms with van der Waals surface area (Å²) < 4.78 is 0. The maximum atomic E-state index is 4.56. The molecule has 2 N–H and O–H groups in total. The average Bonchev–Trinajstić information content (AvgIpc) is 2.62. The molecule has 4 aromatic rings. The van der Waals surface area contributed by atoms with Crippen LogP contribution in [0.15, 0.2) is 73.2 Å². The lowest BCUT2D eigenvalue weighted by Crippen LogP contribution is -2.09. The van der Waals surface area contributed by atoms with Gasteiger partial charge in [-0.2, -0.15) is 0 Å². The molecule has 1 aromatic heterocycles. The molecule has 3 nitrogen and oxygen atoms in total. The number of fused-ring (bicyclic) bond motifs is 2. The summed E-state index contributed by atoms with van der Waals surface area (Å²) >= 11 is 0. The SMILES string of the molecule is c1ccc(-c2cc3c4c(cccc4c2)Nc2c[nH+]cnc2-3)cc1. The number of nitrogens with one attached hydrogen (secondary N) is 2. The van der Waals surface area contributed by atoms with Crippen LogP contribution in [0.5, 0.6) is 0 Å². The Kier molecular flexibility index (Phi) is 2.50. The fraction of sp³-hybridized carbons (Fsp3) is 0. The summed E-state index contributed by atoms with van der Waals surface area (Å²) in [7, 11) is 0. The summed E-state index contributed by atoms with van der Waals surface area (Å²) in [6.45, 7) is 0. The normalized spacial score (nSPS) is 11.8. The average molecular weight is 296 g/mol. The number of hydrogen-bond donors (Lipinski definition) is 1. The minimum atomic E-state index is 0.991. The minimum absolute atomic E-state index is 0.991. The highest BCUT2D eigenvalue weighted by molar-refractivity contribution is 6.11. The highest BCUT2D eigenvalue weighted by Crippen LogP contribution is 2.43. The van der Waals surface area contributed by atoms with E-state index in [1.54, 1.807) is 6.33 Å². The van der Waals surface area contributed by atoms with E-state index in [4.69, 9.17) is 0 Å². The first-order valence-electron chi connectivity index (χ1n) is 7.66. The zero-order chi connectivity index (χ0) is 15.2. The van der Waals surface area contributed by atoms with Crippen molar-refractivity contribution in [2.45, 2.75) is 0 Å². The molecule has 5 rings (SSSR count). The fourth-order valence-corrected chi connectivity index (χ4v) is 3.33. The molecule has 0 spiro atoms. The Morgan fingerprint density at radius 1 is 0.826 bits per heavy atom. The van der Waals surface area contributed by atoms with Crippen LogP contribution in [0.25, 0.3) is 33.2 Å². The molecule has 3 heteroatoms. The Hall–Kier alpha value is -3.20. The van der Waals surface area contributed by atoms with Crippen molar-refractivity contribution < 1.29 is 4.98 Å². The third kappa shape index (κ3) is 1.83. The number of hydrogen-bond acceptors (Lipinski definition) is 2.